The number of hydrogen-bond donors (Lipinski definition) is 2. The molecule has 1 amide bonds. The minimum absolute atomic E-state index is 0.0298. The van der Waals surface area contributed by atoms with Crippen LogP contribution in [0.4, 0.5) is 11.6 Å². The van der Waals surface area contributed by atoms with Crippen molar-refractivity contribution in [3.8, 4) is 0 Å². The number of fused-ring (bicyclic) bond motifs is 1. The quantitative estimate of drug-likeness (QED) is 0.911. The van der Waals surface area contributed by atoms with Crippen LogP contribution in [0.1, 0.15) is 17.0 Å². The van der Waals surface area contributed by atoms with Crippen molar-refractivity contribution in [1.82, 2.24) is 9.97 Å². The molecule has 0 saturated heterocycles. The number of carbonyl (C=O) groups excluding carboxylic acids is 1. The Morgan fingerprint density at radius 2 is 2.26 bits per heavy atom. The summed E-state index contributed by atoms with van der Waals surface area (Å²) >= 11 is 3.38. The molecule has 2 aromatic rings. The number of pyridine rings is 2. The lowest BCUT2D eigenvalue weighted by Crippen LogP contribution is -2.14. The fraction of sp³-hybridized carbons (Fsp3) is 0.308. The van der Waals surface area contributed by atoms with Gasteiger partial charge in [-0.3, -0.25) is 4.79 Å². The number of aromatic nitrogens is 2. The van der Waals surface area contributed by atoms with Crippen molar-refractivity contribution < 1.29 is 8.91 Å². The highest BCUT2D eigenvalue weighted by atomic mass is 79.9. The van der Waals surface area contributed by atoms with Gasteiger partial charge in [-0.15, -0.1) is 0 Å². The predicted octanol–water partition coefficient (Wildman–Crippen LogP) is 2.78. The predicted molar refractivity (Wildman–Crippen MR) is 78.1 cm³/mol. The van der Waals surface area contributed by atoms with Gasteiger partial charge >= 0.3 is 0 Å². The molecule has 1 saturated carbocycles. The number of hydrogen-bond acceptors (Lipinski definition) is 4. The van der Waals surface area contributed by atoms with Crippen LogP contribution in [0.5, 0.6) is 0 Å². The van der Waals surface area contributed by atoms with E-state index in [1.54, 1.807) is 6.07 Å². The van der Waals surface area contributed by atoms with Crippen molar-refractivity contribution in [2.24, 2.45) is 5.92 Å². The molecule has 0 atom stereocenters. The zero-order chi connectivity index (χ0) is 15.9. The van der Waals surface area contributed by atoms with Gasteiger partial charge in [0, 0.05) is 44.6 Å². The smallest absolute Gasteiger partial charge is 0.228 e. The maximum atomic E-state index is 11.8. The van der Waals surface area contributed by atoms with Crippen molar-refractivity contribution in [3.63, 3.8) is 0 Å². The first-order chi connectivity index (χ1) is 10.3. The van der Waals surface area contributed by atoms with Crippen molar-refractivity contribution >= 4 is 44.2 Å². The molecule has 2 aromatic heterocycles. The Hall–Kier alpha value is -1.69. The van der Waals surface area contributed by atoms with E-state index < -0.39 is 6.98 Å². The van der Waals surface area contributed by atoms with Crippen molar-refractivity contribution in [1.29, 1.82) is 0 Å². The number of anilines is 2. The summed E-state index contributed by atoms with van der Waals surface area (Å²) in [7, 11) is 0. The Balaban J connectivity index is 1.96. The average molecular weight is 324 g/mol. The molecule has 0 radical (unpaired) electrons. The normalized spacial score (nSPS) is 17.4. The number of carbonyl (C=O) groups is 1. The highest BCUT2D eigenvalue weighted by Gasteiger charge is 2.29. The first-order valence-electron chi connectivity index (χ1n) is 7.37. The Morgan fingerprint density at radius 3 is 3.00 bits per heavy atom. The van der Waals surface area contributed by atoms with E-state index in [9.17, 15) is 4.79 Å². The minimum Gasteiger partial charge on any atom is -0.373 e. The molecule has 6 heteroatoms. The van der Waals surface area contributed by atoms with Gasteiger partial charge in [0.05, 0.1) is 0 Å². The molecule has 3 rings (SSSR count). The second-order valence-corrected chi connectivity index (χ2v) is 5.31. The Bertz CT molecular complexity index is 746. The molecule has 19 heavy (non-hydrogen) atoms. The summed E-state index contributed by atoms with van der Waals surface area (Å²) < 4.78 is 22.5. The van der Waals surface area contributed by atoms with E-state index in [1.807, 2.05) is 0 Å². The second kappa shape index (κ2) is 4.77. The van der Waals surface area contributed by atoms with Crippen LogP contribution in [0.3, 0.4) is 0 Å². The summed E-state index contributed by atoms with van der Waals surface area (Å²) in [5.74, 6) is 0.728. The van der Waals surface area contributed by atoms with Gasteiger partial charge in [0.2, 0.25) is 5.91 Å². The Morgan fingerprint density at radius 1 is 1.42 bits per heavy atom. The van der Waals surface area contributed by atoms with Gasteiger partial charge in [0.25, 0.3) is 0 Å². The van der Waals surface area contributed by atoms with Gasteiger partial charge in [0.15, 0.2) is 0 Å². The fourth-order valence-electron chi connectivity index (χ4n) is 1.84. The maximum Gasteiger partial charge on any atom is 0.228 e. The van der Waals surface area contributed by atoms with Gasteiger partial charge in [0.1, 0.15) is 11.6 Å². The fourth-order valence-corrected chi connectivity index (χ4v) is 2.27. The average Bonchev–Trinajstić information content (AvgIpc) is 3.25. The Kier molecular flexibility index (Phi) is 2.32. The van der Waals surface area contributed by atoms with Gasteiger partial charge < -0.3 is 10.6 Å². The van der Waals surface area contributed by atoms with E-state index in [1.165, 1.54) is 12.4 Å². The largest absolute Gasteiger partial charge is 0.373 e. The highest BCUT2D eigenvalue weighted by molar-refractivity contribution is 9.10. The van der Waals surface area contributed by atoms with Gasteiger partial charge in [-0.1, -0.05) is 0 Å². The molecule has 98 valence electrons. The van der Waals surface area contributed by atoms with Crippen LogP contribution in [0.2, 0.25) is 0 Å². The van der Waals surface area contributed by atoms with E-state index in [0.717, 1.165) is 18.2 Å². The van der Waals surface area contributed by atoms with Crippen LogP contribution in [-0.4, -0.2) is 22.9 Å². The lowest BCUT2D eigenvalue weighted by atomic mass is 10.2. The molecular weight excluding hydrogens is 308 g/mol. The van der Waals surface area contributed by atoms with E-state index in [4.69, 9.17) is 4.11 Å². The molecule has 2 N–H and O–H groups in total. The van der Waals surface area contributed by atoms with Crippen molar-refractivity contribution in [3.05, 3.63) is 22.9 Å². The number of nitrogens with one attached hydrogen (secondary N) is 2. The Labute approximate surface area is 123 Å². The van der Waals surface area contributed by atoms with Crippen molar-refractivity contribution in [2.45, 2.75) is 12.8 Å². The molecule has 0 bridgehead atoms. The third-order valence-corrected chi connectivity index (χ3v) is 3.67. The third-order valence-electron chi connectivity index (χ3n) is 3.04. The number of nitrogens with zero attached hydrogens (tertiary/aromatic N) is 2. The van der Waals surface area contributed by atoms with Gasteiger partial charge in [-0.25, -0.2) is 9.97 Å². The summed E-state index contributed by atoms with van der Waals surface area (Å²) in [6.45, 7) is -2.34. The van der Waals surface area contributed by atoms with Crippen LogP contribution in [0, 0.1) is 5.92 Å². The molecule has 1 fully saturated rings. The van der Waals surface area contributed by atoms with E-state index in [2.05, 4.69) is 36.5 Å². The van der Waals surface area contributed by atoms with E-state index >= 15 is 0 Å². The van der Waals surface area contributed by atoms with Crippen LogP contribution in [0.25, 0.3) is 10.8 Å². The molecule has 0 spiro atoms. The molecule has 0 unspecified atom stereocenters. The lowest BCUT2D eigenvalue weighted by molar-refractivity contribution is -0.117. The van der Waals surface area contributed by atoms with Gasteiger partial charge in [-0.2, -0.15) is 0 Å². The lowest BCUT2D eigenvalue weighted by Gasteiger charge is -2.09. The summed E-state index contributed by atoms with van der Waals surface area (Å²) in [6.07, 6.45) is 4.85. The van der Waals surface area contributed by atoms with E-state index in [-0.39, 0.29) is 17.6 Å². The van der Waals surface area contributed by atoms with E-state index in [0.29, 0.717) is 15.7 Å². The second-order valence-electron chi connectivity index (χ2n) is 4.46. The zero-order valence-electron chi connectivity index (χ0n) is 12.9. The SMILES string of the molecule is [2H]C([2H])([2H])Nc1ncc(Br)c2cc(NC(=O)C3CC3)ncc12. The third kappa shape index (κ3) is 2.40. The van der Waals surface area contributed by atoms with Gasteiger partial charge in [-0.05, 0) is 34.8 Å². The van der Waals surface area contributed by atoms with Crippen LogP contribution < -0.4 is 10.6 Å². The molecule has 5 nitrogen and oxygen atoms in total. The number of rotatable bonds is 3. The monoisotopic (exact) mass is 323 g/mol. The summed E-state index contributed by atoms with van der Waals surface area (Å²) in [4.78, 5) is 20.0. The summed E-state index contributed by atoms with van der Waals surface area (Å²) in [6, 6.07) is 1.70. The molecule has 0 aromatic carbocycles. The molecule has 1 aliphatic carbocycles. The topological polar surface area (TPSA) is 66.9 Å². The maximum absolute atomic E-state index is 11.8. The first kappa shape index (κ1) is 9.25. The minimum atomic E-state index is -2.34. The molecule has 1 aliphatic rings. The number of halogens is 1. The van der Waals surface area contributed by atoms with Crippen molar-refractivity contribution in [2.75, 3.05) is 17.6 Å². The molecule has 2 heterocycles. The number of amides is 1. The van der Waals surface area contributed by atoms with Crippen LogP contribution in [0.15, 0.2) is 22.9 Å². The zero-order valence-corrected chi connectivity index (χ0v) is 11.5. The van der Waals surface area contributed by atoms with Crippen LogP contribution >= 0.6 is 15.9 Å². The summed E-state index contributed by atoms with van der Waals surface area (Å²) in [5, 5.41) is 6.44. The summed E-state index contributed by atoms with van der Waals surface area (Å²) in [5.41, 5.74) is 0. The highest BCUT2D eigenvalue weighted by Crippen LogP contribution is 2.32. The molecular formula is C13H13BrN4O. The van der Waals surface area contributed by atoms with Crippen LogP contribution in [-0.2, 0) is 4.79 Å². The molecule has 0 aliphatic heterocycles. The first-order valence-corrected chi connectivity index (χ1v) is 6.66. The standard InChI is InChI=1S/C13H13BrN4O/c1-15-12-9-5-16-11(18-13(19)7-2-3-7)4-8(9)10(14)6-17-12/h4-7H,2-3H2,1H3,(H,15,17)(H,16,18,19)/i1D3.